The molecule has 2 rings (SSSR count). The van der Waals surface area contributed by atoms with Crippen molar-refractivity contribution in [3.63, 3.8) is 0 Å². The number of aryl methyl sites for hydroxylation is 1. The number of amides is 1. The van der Waals surface area contributed by atoms with Crippen LogP contribution >= 0.6 is 0 Å². The van der Waals surface area contributed by atoms with E-state index in [1.165, 1.54) is 6.07 Å². The summed E-state index contributed by atoms with van der Waals surface area (Å²) in [5.74, 6) is -0.369. The van der Waals surface area contributed by atoms with Crippen molar-refractivity contribution in [1.29, 1.82) is 0 Å². The molecule has 6 heteroatoms. The van der Waals surface area contributed by atoms with Gasteiger partial charge in [-0.15, -0.1) is 0 Å². The highest BCUT2D eigenvalue weighted by atomic mass is 16.6. The third kappa shape index (κ3) is 4.14. The van der Waals surface area contributed by atoms with Crippen LogP contribution in [-0.2, 0) is 4.74 Å². The number of ether oxygens (including phenoxy) is 1. The van der Waals surface area contributed by atoms with Crippen LogP contribution in [-0.4, -0.2) is 24.5 Å². The summed E-state index contributed by atoms with van der Waals surface area (Å²) >= 11 is 0. The number of benzene rings is 2. The lowest BCUT2D eigenvalue weighted by molar-refractivity contribution is -0.385. The quantitative estimate of drug-likeness (QED) is 0.656. The number of nitro benzene ring substituents is 1. The summed E-state index contributed by atoms with van der Waals surface area (Å²) in [5.41, 5.74) is 1.66. The molecule has 120 valence electrons. The van der Waals surface area contributed by atoms with Gasteiger partial charge in [-0.2, -0.15) is 0 Å². The molecule has 0 bridgehead atoms. The highest BCUT2D eigenvalue weighted by Gasteiger charge is 2.16. The Hall–Kier alpha value is -2.73. The van der Waals surface area contributed by atoms with Crippen LogP contribution in [0.1, 0.15) is 27.6 Å². The molecule has 0 saturated heterocycles. The Balaban J connectivity index is 2.07. The van der Waals surface area contributed by atoms with Gasteiger partial charge in [0.05, 0.1) is 11.0 Å². The summed E-state index contributed by atoms with van der Waals surface area (Å²) in [6.45, 7) is 1.91. The maximum absolute atomic E-state index is 12.2. The number of methoxy groups -OCH3 is 1. The van der Waals surface area contributed by atoms with Gasteiger partial charge in [-0.1, -0.05) is 36.4 Å². The molecule has 0 spiro atoms. The zero-order chi connectivity index (χ0) is 16.8. The van der Waals surface area contributed by atoms with Crippen molar-refractivity contribution in [2.45, 2.75) is 13.0 Å². The summed E-state index contributed by atoms with van der Waals surface area (Å²) in [6, 6.07) is 13.9. The molecule has 0 saturated carbocycles. The predicted molar refractivity (Wildman–Crippen MR) is 86.4 cm³/mol. The average Bonchev–Trinajstić information content (AvgIpc) is 2.56. The Morgan fingerprint density at radius 3 is 2.57 bits per heavy atom. The number of nitrogens with zero attached hydrogens (tertiary/aromatic N) is 1. The normalized spacial score (nSPS) is 11.7. The molecule has 2 aromatic rings. The van der Waals surface area contributed by atoms with Crippen LogP contribution in [0.25, 0.3) is 0 Å². The van der Waals surface area contributed by atoms with E-state index in [1.807, 2.05) is 30.3 Å². The van der Waals surface area contributed by atoms with Crippen LogP contribution in [0, 0.1) is 17.0 Å². The smallest absolute Gasteiger partial charge is 0.273 e. The molecule has 0 aliphatic rings. The summed E-state index contributed by atoms with van der Waals surface area (Å²) < 4.78 is 5.38. The van der Waals surface area contributed by atoms with E-state index >= 15 is 0 Å². The lowest BCUT2D eigenvalue weighted by Crippen LogP contribution is -2.29. The molecule has 0 aromatic heterocycles. The van der Waals surface area contributed by atoms with Crippen molar-refractivity contribution in [2.24, 2.45) is 0 Å². The maximum atomic E-state index is 12.2. The van der Waals surface area contributed by atoms with Gasteiger partial charge in [0.2, 0.25) is 0 Å². The van der Waals surface area contributed by atoms with Gasteiger partial charge < -0.3 is 10.1 Å². The summed E-state index contributed by atoms with van der Waals surface area (Å²) in [5, 5.41) is 13.7. The van der Waals surface area contributed by atoms with Crippen LogP contribution in [0.2, 0.25) is 0 Å². The predicted octanol–water partition coefficient (Wildman–Crippen LogP) is 3.02. The molecule has 23 heavy (non-hydrogen) atoms. The largest absolute Gasteiger partial charge is 0.375 e. The van der Waals surface area contributed by atoms with Crippen molar-refractivity contribution >= 4 is 11.6 Å². The van der Waals surface area contributed by atoms with Crippen molar-refractivity contribution in [2.75, 3.05) is 13.7 Å². The maximum Gasteiger partial charge on any atom is 0.273 e. The fourth-order valence-corrected chi connectivity index (χ4v) is 2.24. The van der Waals surface area contributed by atoms with E-state index in [2.05, 4.69) is 5.32 Å². The van der Waals surface area contributed by atoms with E-state index in [0.717, 1.165) is 5.56 Å². The average molecular weight is 314 g/mol. The van der Waals surface area contributed by atoms with Crippen molar-refractivity contribution in [3.05, 3.63) is 75.3 Å². The third-order valence-electron chi connectivity index (χ3n) is 3.57. The van der Waals surface area contributed by atoms with Gasteiger partial charge in [-0.3, -0.25) is 14.9 Å². The second kappa shape index (κ2) is 7.51. The first-order chi connectivity index (χ1) is 11.0. The van der Waals surface area contributed by atoms with E-state index in [1.54, 1.807) is 26.2 Å². The van der Waals surface area contributed by atoms with Crippen LogP contribution in [0.5, 0.6) is 0 Å². The summed E-state index contributed by atoms with van der Waals surface area (Å²) in [4.78, 5) is 22.6. The zero-order valence-corrected chi connectivity index (χ0v) is 13.0. The standard InChI is InChI=1S/C17H18N2O4/c1-12-8-9-14(10-15(12)19(21)22)17(20)18-11-16(23-2)13-6-4-3-5-7-13/h3-10,16H,11H2,1-2H3,(H,18,20). The number of carbonyl (C=O) groups excluding carboxylic acids is 1. The number of nitro groups is 1. The molecule has 2 aromatic carbocycles. The fourth-order valence-electron chi connectivity index (χ4n) is 2.24. The second-order valence-corrected chi connectivity index (χ2v) is 5.10. The Morgan fingerprint density at radius 2 is 1.96 bits per heavy atom. The number of rotatable bonds is 6. The van der Waals surface area contributed by atoms with Crippen LogP contribution < -0.4 is 5.32 Å². The van der Waals surface area contributed by atoms with Crippen molar-refractivity contribution < 1.29 is 14.5 Å². The van der Waals surface area contributed by atoms with Gasteiger partial charge in [0.15, 0.2) is 0 Å². The van der Waals surface area contributed by atoms with Crippen LogP contribution in [0.4, 0.5) is 5.69 Å². The minimum absolute atomic E-state index is 0.0657. The number of carbonyl (C=O) groups is 1. The Kier molecular flexibility index (Phi) is 5.43. The molecule has 1 N–H and O–H groups in total. The Labute approximate surface area is 134 Å². The van der Waals surface area contributed by atoms with Crippen molar-refractivity contribution in [1.82, 2.24) is 5.32 Å². The Morgan fingerprint density at radius 1 is 1.26 bits per heavy atom. The topological polar surface area (TPSA) is 81.5 Å². The van der Waals surface area contributed by atoms with E-state index in [-0.39, 0.29) is 29.8 Å². The molecule has 0 aliphatic carbocycles. The lowest BCUT2D eigenvalue weighted by atomic mass is 10.1. The SMILES string of the molecule is COC(CNC(=O)c1ccc(C)c([N+](=O)[O-])c1)c1ccccc1. The van der Waals surface area contributed by atoms with Crippen LogP contribution in [0.3, 0.4) is 0 Å². The number of hydrogen-bond acceptors (Lipinski definition) is 4. The molecular formula is C17H18N2O4. The Bertz CT molecular complexity index is 701. The number of nitrogens with one attached hydrogen (secondary N) is 1. The van der Waals surface area contributed by atoms with E-state index in [9.17, 15) is 14.9 Å². The second-order valence-electron chi connectivity index (χ2n) is 5.10. The summed E-state index contributed by atoms with van der Waals surface area (Å²) in [7, 11) is 1.57. The van der Waals surface area contributed by atoms with E-state index in [0.29, 0.717) is 5.56 Å². The van der Waals surface area contributed by atoms with Crippen molar-refractivity contribution in [3.8, 4) is 0 Å². The molecular weight excluding hydrogens is 296 g/mol. The molecule has 0 heterocycles. The van der Waals surface area contributed by atoms with E-state index in [4.69, 9.17) is 4.74 Å². The van der Waals surface area contributed by atoms with Gasteiger partial charge in [0.1, 0.15) is 0 Å². The molecule has 0 aliphatic heterocycles. The first-order valence-electron chi connectivity index (χ1n) is 7.14. The van der Waals surface area contributed by atoms with Gasteiger partial charge in [-0.25, -0.2) is 0 Å². The van der Waals surface area contributed by atoms with Crippen LogP contribution in [0.15, 0.2) is 48.5 Å². The first kappa shape index (κ1) is 16.6. The minimum Gasteiger partial charge on any atom is -0.375 e. The molecule has 1 unspecified atom stereocenters. The highest BCUT2D eigenvalue weighted by molar-refractivity contribution is 5.95. The molecule has 0 radical (unpaired) electrons. The van der Waals surface area contributed by atoms with Gasteiger partial charge in [-0.05, 0) is 18.6 Å². The zero-order valence-electron chi connectivity index (χ0n) is 13.0. The van der Waals surface area contributed by atoms with Gasteiger partial charge in [0, 0.05) is 30.8 Å². The monoisotopic (exact) mass is 314 g/mol. The van der Waals surface area contributed by atoms with E-state index < -0.39 is 4.92 Å². The fraction of sp³-hybridized carbons (Fsp3) is 0.235. The minimum atomic E-state index is -0.492. The lowest BCUT2D eigenvalue weighted by Gasteiger charge is -2.16. The molecule has 0 fully saturated rings. The third-order valence-corrected chi connectivity index (χ3v) is 3.57. The highest BCUT2D eigenvalue weighted by Crippen LogP contribution is 2.20. The molecule has 6 nitrogen and oxygen atoms in total. The first-order valence-corrected chi connectivity index (χ1v) is 7.14. The van der Waals surface area contributed by atoms with Gasteiger partial charge >= 0.3 is 0 Å². The molecule has 1 amide bonds. The number of hydrogen-bond donors (Lipinski definition) is 1. The molecule has 1 atom stereocenters. The van der Waals surface area contributed by atoms with Gasteiger partial charge in [0.25, 0.3) is 11.6 Å². The summed E-state index contributed by atoms with van der Waals surface area (Å²) in [6.07, 6.45) is -0.277.